The van der Waals surface area contributed by atoms with E-state index in [-0.39, 0.29) is 17.2 Å². The third-order valence-electron chi connectivity index (χ3n) is 5.07. The van der Waals surface area contributed by atoms with Crippen molar-refractivity contribution < 1.29 is 13.4 Å². The highest BCUT2D eigenvalue weighted by Gasteiger charge is 2.37. The number of hydrogen-bond acceptors (Lipinski definition) is 4. The van der Waals surface area contributed by atoms with Crippen LogP contribution in [0.3, 0.4) is 0 Å². The molecule has 0 bridgehead atoms. The van der Waals surface area contributed by atoms with Crippen LogP contribution in [0.15, 0.2) is 23.8 Å². The number of hydrogen-bond donors (Lipinski definition) is 2. The third kappa shape index (κ3) is 6.33. The molecular formula is C22H37FN2O2S. The van der Waals surface area contributed by atoms with Gasteiger partial charge in [0.15, 0.2) is 0 Å². The molecule has 1 aliphatic rings. The van der Waals surface area contributed by atoms with E-state index in [9.17, 15) is 9.18 Å². The van der Waals surface area contributed by atoms with Gasteiger partial charge in [0.2, 0.25) is 0 Å². The summed E-state index contributed by atoms with van der Waals surface area (Å²) in [5.74, 6) is 0.652. The van der Waals surface area contributed by atoms with E-state index in [0.29, 0.717) is 6.42 Å². The number of benzene rings is 1. The predicted molar refractivity (Wildman–Crippen MR) is 121 cm³/mol. The summed E-state index contributed by atoms with van der Waals surface area (Å²) in [7, 11) is 0.366. The second-order valence-corrected chi connectivity index (χ2v) is 11.7. The number of aldehydes is 1. The van der Waals surface area contributed by atoms with Gasteiger partial charge in [-0.15, -0.1) is 10.3 Å². The van der Waals surface area contributed by atoms with Gasteiger partial charge in [0.05, 0.1) is 11.8 Å². The Morgan fingerprint density at radius 2 is 1.96 bits per heavy atom. The SMILES string of the molecule is CCCCS(C)(C)OC1CC(c2ccc(F)c(N)c2)=C(C=O)C(C)(C)C1.CN. The van der Waals surface area contributed by atoms with Crippen molar-refractivity contribution in [3.8, 4) is 0 Å². The first kappa shape index (κ1) is 24.7. The Morgan fingerprint density at radius 3 is 2.50 bits per heavy atom. The van der Waals surface area contributed by atoms with Crippen molar-refractivity contribution >= 4 is 27.9 Å². The highest BCUT2D eigenvalue weighted by Crippen LogP contribution is 2.50. The summed E-state index contributed by atoms with van der Waals surface area (Å²) in [6, 6.07) is 4.70. The van der Waals surface area contributed by atoms with Crippen LogP contribution in [0, 0.1) is 11.2 Å². The maximum Gasteiger partial charge on any atom is 0.146 e. The number of carbonyl (C=O) groups excluding carboxylic acids is 1. The zero-order valence-corrected chi connectivity index (χ0v) is 19.0. The molecule has 0 heterocycles. The molecule has 4 N–H and O–H groups in total. The summed E-state index contributed by atoms with van der Waals surface area (Å²) in [5.41, 5.74) is 12.6. The van der Waals surface area contributed by atoms with E-state index in [2.05, 4.69) is 39.0 Å². The molecule has 4 nitrogen and oxygen atoms in total. The summed E-state index contributed by atoms with van der Waals surface area (Å²) in [5, 5.41) is 0. The van der Waals surface area contributed by atoms with Crippen molar-refractivity contribution in [2.75, 3.05) is 31.0 Å². The van der Waals surface area contributed by atoms with Gasteiger partial charge in [-0.25, -0.2) is 4.39 Å². The van der Waals surface area contributed by atoms with Gasteiger partial charge in [-0.3, -0.25) is 4.79 Å². The number of allylic oxidation sites excluding steroid dienone is 1. The van der Waals surface area contributed by atoms with E-state index in [1.807, 2.05) is 0 Å². The molecule has 1 aliphatic carbocycles. The van der Waals surface area contributed by atoms with E-state index >= 15 is 0 Å². The third-order valence-corrected chi connectivity index (χ3v) is 7.14. The number of halogens is 1. The van der Waals surface area contributed by atoms with Gasteiger partial charge >= 0.3 is 0 Å². The quantitative estimate of drug-likeness (QED) is 0.492. The smallest absolute Gasteiger partial charge is 0.146 e. The van der Waals surface area contributed by atoms with Gasteiger partial charge in [-0.1, -0.05) is 33.3 Å². The topological polar surface area (TPSA) is 78.3 Å². The maximum atomic E-state index is 13.6. The molecule has 1 unspecified atom stereocenters. The summed E-state index contributed by atoms with van der Waals surface area (Å²) in [6.07, 6.45) is 9.21. The average Bonchev–Trinajstić information content (AvgIpc) is 2.62. The van der Waals surface area contributed by atoms with Crippen molar-refractivity contribution in [1.82, 2.24) is 0 Å². The number of anilines is 1. The van der Waals surface area contributed by atoms with Crippen molar-refractivity contribution in [2.45, 2.75) is 52.6 Å². The molecule has 28 heavy (non-hydrogen) atoms. The van der Waals surface area contributed by atoms with Crippen molar-refractivity contribution in [2.24, 2.45) is 11.1 Å². The van der Waals surface area contributed by atoms with Gasteiger partial charge in [0, 0.05) is 12.0 Å². The molecule has 0 saturated carbocycles. The van der Waals surface area contributed by atoms with Gasteiger partial charge in [0.1, 0.15) is 12.1 Å². The Hall–Kier alpha value is -1.37. The molecule has 0 spiro atoms. The number of unbranched alkanes of at least 4 members (excludes halogenated alkanes) is 1. The van der Waals surface area contributed by atoms with Crippen LogP contribution in [-0.2, 0) is 8.98 Å². The lowest BCUT2D eigenvalue weighted by molar-refractivity contribution is -0.105. The second kappa shape index (κ2) is 10.4. The molecule has 0 radical (unpaired) electrons. The zero-order chi connectivity index (χ0) is 21.5. The lowest BCUT2D eigenvalue weighted by Crippen LogP contribution is -2.32. The molecule has 0 saturated heterocycles. The van der Waals surface area contributed by atoms with Crippen LogP contribution in [0.4, 0.5) is 10.1 Å². The molecule has 0 aromatic heterocycles. The predicted octanol–water partition coefficient (Wildman–Crippen LogP) is 4.92. The van der Waals surface area contributed by atoms with E-state index in [0.717, 1.165) is 48.0 Å². The Bertz CT molecular complexity index is 702. The van der Waals surface area contributed by atoms with Crippen LogP contribution in [-0.4, -0.2) is 37.7 Å². The molecule has 1 atom stereocenters. The fourth-order valence-electron chi connectivity index (χ4n) is 3.71. The number of nitrogens with two attached hydrogens (primary N) is 2. The Morgan fingerprint density at radius 1 is 1.32 bits per heavy atom. The standard InChI is InChI=1S/C21H32FNO2S.CH5N/c1-6-7-10-26(4,5)25-16-12-17(18(14-24)21(2,3)13-16)15-8-9-19(22)20(23)11-15;1-2/h8-9,11,14,16H,6-7,10,12-13,23H2,1-5H3;2H2,1H3. The van der Waals surface area contributed by atoms with E-state index in [4.69, 9.17) is 9.92 Å². The Labute approximate surface area is 171 Å². The van der Waals surface area contributed by atoms with E-state index in [1.165, 1.54) is 13.1 Å². The van der Waals surface area contributed by atoms with Crippen LogP contribution < -0.4 is 11.5 Å². The first-order valence-electron chi connectivity index (χ1n) is 9.81. The fraction of sp³-hybridized carbons (Fsp3) is 0.591. The minimum Gasteiger partial charge on any atom is -0.396 e. The molecule has 1 aromatic carbocycles. The molecule has 0 aliphatic heterocycles. The van der Waals surface area contributed by atoms with Gasteiger partial charge < -0.3 is 15.7 Å². The Kier molecular flexibility index (Phi) is 9.18. The van der Waals surface area contributed by atoms with Crippen molar-refractivity contribution in [3.05, 3.63) is 35.2 Å². The van der Waals surface area contributed by atoms with Crippen LogP contribution in [0.5, 0.6) is 0 Å². The number of nitrogen functional groups attached to an aromatic ring is 1. The summed E-state index contributed by atoms with van der Waals surface area (Å²) in [6.45, 7) is 6.34. The normalized spacial score (nSPS) is 19.6. The molecule has 0 amide bonds. The molecule has 2 rings (SSSR count). The highest BCUT2D eigenvalue weighted by molar-refractivity contribution is 8.28. The lowest BCUT2D eigenvalue weighted by Gasteiger charge is -2.42. The lowest BCUT2D eigenvalue weighted by atomic mass is 9.70. The fourth-order valence-corrected chi connectivity index (χ4v) is 5.66. The Balaban J connectivity index is 0.00000190. The number of rotatable bonds is 7. The maximum absolute atomic E-state index is 13.6. The summed E-state index contributed by atoms with van der Waals surface area (Å²) >= 11 is 0. The van der Waals surface area contributed by atoms with E-state index in [1.54, 1.807) is 12.1 Å². The molecule has 1 aromatic rings. The molecule has 0 fully saturated rings. The zero-order valence-electron chi connectivity index (χ0n) is 18.2. The second-order valence-electron chi connectivity index (χ2n) is 8.25. The highest BCUT2D eigenvalue weighted by atomic mass is 32.3. The minimum atomic E-state index is -1.13. The van der Waals surface area contributed by atoms with Gasteiger partial charge in [-0.05, 0) is 66.8 Å². The summed E-state index contributed by atoms with van der Waals surface area (Å²) < 4.78 is 20.1. The van der Waals surface area contributed by atoms with Crippen LogP contribution in [0.1, 0.15) is 52.0 Å². The largest absolute Gasteiger partial charge is 0.396 e. The molecule has 6 heteroatoms. The van der Waals surface area contributed by atoms with Crippen LogP contribution in [0.25, 0.3) is 5.57 Å². The van der Waals surface area contributed by atoms with Gasteiger partial charge in [0.25, 0.3) is 0 Å². The minimum absolute atomic E-state index is 0.0526. The molecular weight excluding hydrogens is 375 g/mol. The summed E-state index contributed by atoms with van der Waals surface area (Å²) in [4.78, 5) is 11.8. The van der Waals surface area contributed by atoms with Gasteiger partial charge in [-0.2, -0.15) is 0 Å². The molecule has 160 valence electrons. The van der Waals surface area contributed by atoms with Crippen LogP contribution in [0.2, 0.25) is 0 Å². The number of carbonyl (C=O) groups is 1. The van der Waals surface area contributed by atoms with Crippen molar-refractivity contribution in [1.29, 1.82) is 0 Å². The monoisotopic (exact) mass is 412 g/mol. The first-order chi connectivity index (χ1) is 13.1. The van der Waals surface area contributed by atoms with Crippen molar-refractivity contribution in [3.63, 3.8) is 0 Å². The first-order valence-corrected chi connectivity index (χ1v) is 12.3. The van der Waals surface area contributed by atoms with Crippen LogP contribution >= 0.6 is 10.3 Å². The average molecular weight is 413 g/mol. The van der Waals surface area contributed by atoms with E-state index < -0.39 is 16.1 Å².